The summed E-state index contributed by atoms with van der Waals surface area (Å²) in [7, 11) is -7.55. The zero-order valence-corrected chi connectivity index (χ0v) is 20.7. The number of fused-ring (bicyclic) bond motifs is 1. The molecule has 0 aliphatic carbocycles. The Morgan fingerprint density at radius 3 is 2.09 bits per heavy atom. The Morgan fingerprint density at radius 1 is 0.853 bits per heavy atom. The maximum Gasteiger partial charge on any atom is 0.294 e. The van der Waals surface area contributed by atoms with Gasteiger partial charge in [-0.1, -0.05) is 12.1 Å². The highest BCUT2D eigenvalue weighted by atomic mass is 32.2. The minimum atomic E-state index is -4.46. The number of benzene rings is 3. The predicted molar refractivity (Wildman–Crippen MR) is 126 cm³/mol. The first-order valence-corrected chi connectivity index (χ1v) is 12.8. The van der Waals surface area contributed by atoms with Crippen LogP contribution in [0.15, 0.2) is 62.5 Å². The van der Waals surface area contributed by atoms with Gasteiger partial charge in [-0.25, -0.2) is 0 Å². The van der Waals surface area contributed by atoms with Crippen molar-refractivity contribution >= 4 is 42.4 Å². The number of azo groups is 1. The van der Waals surface area contributed by atoms with E-state index in [1.807, 2.05) is 20.8 Å². The van der Waals surface area contributed by atoms with Crippen LogP contribution < -0.4 is 9.47 Å². The van der Waals surface area contributed by atoms with E-state index in [1.54, 1.807) is 12.1 Å². The van der Waals surface area contributed by atoms with E-state index >= 15 is 0 Å². The molecule has 0 aliphatic rings. The average Bonchev–Trinajstić information content (AvgIpc) is 2.69. The maximum atomic E-state index is 11.6. The monoisotopic (exact) mass is 508 g/mol. The molecule has 10 nitrogen and oxygen atoms in total. The quantitative estimate of drug-likeness (QED) is 0.338. The van der Waals surface area contributed by atoms with Crippen molar-refractivity contribution < 1.29 is 35.4 Å². The van der Waals surface area contributed by atoms with Crippen molar-refractivity contribution in [1.82, 2.24) is 0 Å². The highest BCUT2D eigenvalue weighted by Gasteiger charge is 2.20. The minimum Gasteiger partial charge on any atom is -0.494 e. The summed E-state index contributed by atoms with van der Waals surface area (Å²) in [6, 6.07) is 9.81. The summed E-state index contributed by atoms with van der Waals surface area (Å²) in [5, 5.41) is 9.51. The van der Waals surface area contributed by atoms with Crippen LogP contribution in [0.3, 0.4) is 0 Å². The van der Waals surface area contributed by atoms with Crippen molar-refractivity contribution in [3.63, 3.8) is 0 Å². The van der Waals surface area contributed by atoms with Crippen LogP contribution in [0.1, 0.15) is 26.3 Å². The molecule has 34 heavy (non-hydrogen) atoms. The molecule has 2 N–H and O–H groups in total. The van der Waals surface area contributed by atoms with Gasteiger partial charge < -0.3 is 9.47 Å². The summed E-state index contributed by atoms with van der Waals surface area (Å²) in [5.74, 6) is 0.433. The standard InChI is InChI=1S/C22H24N2O8S2/c1-13-10-17(19(31-5)12-20(13)34(28,29)30)23-24-21-16-8-7-15(33(25,26)27)11-14(16)6-9-18(21)32-22(2,3)4/h6-12H,1-5H3,(H,25,26,27)(H,28,29,30). The molecule has 0 fully saturated rings. The van der Waals surface area contributed by atoms with E-state index in [-0.39, 0.29) is 32.5 Å². The predicted octanol–water partition coefficient (Wildman–Crippen LogP) is 5.24. The van der Waals surface area contributed by atoms with Gasteiger partial charge in [-0.15, -0.1) is 10.2 Å². The molecule has 12 heteroatoms. The molecule has 3 aromatic carbocycles. The van der Waals surface area contributed by atoms with E-state index in [9.17, 15) is 25.9 Å². The highest BCUT2D eigenvalue weighted by molar-refractivity contribution is 7.86. The first kappa shape index (κ1) is 25.6. The molecule has 0 atom stereocenters. The van der Waals surface area contributed by atoms with Crippen molar-refractivity contribution in [2.75, 3.05) is 7.11 Å². The van der Waals surface area contributed by atoms with Crippen LogP contribution in [0, 0.1) is 6.92 Å². The second-order valence-electron chi connectivity index (χ2n) is 8.45. The van der Waals surface area contributed by atoms with Gasteiger partial charge in [0, 0.05) is 11.5 Å². The SMILES string of the molecule is COc1cc(S(=O)(=O)O)c(C)cc1N=Nc1c(OC(C)(C)C)ccc2cc(S(=O)(=O)O)ccc12. The molecule has 0 amide bonds. The fourth-order valence-corrected chi connectivity index (χ4v) is 4.46. The lowest BCUT2D eigenvalue weighted by molar-refractivity contribution is 0.132. The fourth-order valence-electron chi connectivity index (χ4n) is 3.22. The second-order valence-corrected chi connectivity index (χ2v) is 11.3. The van der Waals surface area contributed by atoms with Crippen molar-refractivity contribution in [2.45, 2.75) is 43.1 Å². The Balaban J connectivity index is 2.23. The van der Waals surface area contributed by atoms with Crippen LogP contribution in [-0.2, 0) is 20.2 Å². The largest absolute Gasteiger partial charge is 0.494 e. The Bertz CT molecular complexity index is 1510. The number of aryl methyl sites for hydroxylation is 1. The summed E-state index contributed by atoms with van der Waals surface area (Å²) >= 11 is 0. The number of ether oxygens (including phenoxy) is 2. The number of hydrogen-bond acceptors (Lipinski definition) is 8. The normalized spacial score (nSPS) is 12.9. The fraction of sp³-hybridized carbons (Fsp3) is 0.273. The zero-order chi connectivity index (χ0) is 25.5. The van der Waals surface area contributed by atoms with Crippen LogP contribution in [-0.4, -0.2) is 38.7 Å². The topological polar surface area (TPSA) is 152 Å². The third kappa shape index (κ3) is 5.70. The lowest BCUT2D eigenvalue weighted by Crippen LogP contribution is -2.23. The Hall–Kier alpha value is -3.06. The van der Waals surface area contributed by atoms with Crippen molar-refractivity contribution in [1.29, 1.82) is 0 Å². The van der Waals surface area contributed by atoms with Gasteiger partial charge in [0.2, 0.25) is 0 Å². The van der Waals surface area contributed by atoms with E-state index < -0.39 is 25.8 Å². The summed E-state index contributed by atoms with van der Waals surface area (Å²) in [4.78, 5) is -0.589. The van der Waals surface area contributed by atoms with E-state index in [4.69, 9.17) is 9.47 Å². The Kier molecular flexibility index (Phi) is 6.73. The second kappa shape index (κ2) is 8.95. The molecular weight excluding hydrogens is 484 g/mol. The number of hydrogen-bond donors (Lipinski definition) is 2. The minimum absolute atomic E-state index is 0.0640. The van der Waals surface area contributed by atoms with E-state index in [1.165, 1.54) is 38.3 Å². The molecule has 0 spiro atoms. The third-order valence-electron chi connectivity index (χ3n) is 4.65. The zero-order valence-electron chi connectivity index (χ0n) is 19.1. The highest BCUT2D eigenvalue weighted by Crippen LogP contribution is 2.41. The smallest absolute Gasteiger partial charge is 0.294 e. The number of nitrogens with zero attached hydrogens (tertiary/aromatic N) is 2. The van der Waals surface area contributed by atoms with Crippen LogP contribution in [0.2, 0.25) is 0 Å². The van der Waals surface area contributed by atoms with Gasteiger partial charge in [-0.2, -0.15) is 16.8 Å². The van der Waals surface area contributed by atoms with Crippen molar-refractivity contribution in [3.8, 4) is 11.5 Å². The summed E-state index contributed by atoms with van der Waals surface area (Å²) < 4.78 is 76.3. The molecule has 3 rings (SSSR count). The van der Waals surface area contributed by atoms with Gasteiger partial charge in [0.05, 0.1) is 12.0 Å². The van der Waals surface area contributed by atoms with Crippen molar-refractivity contribution in [3.05, 3.63) is 48.0 Å². The third-order valence-corrected chi connectivity index (χ3v) is 6.50. The molecule has 0 unspecified atom stereocenters. The van der Waals surface area contributed by atoms with Gasteiger partial charge in [0.25, 0.3) is 20.2 Å². The molecule has 0 aromatic heterocycles. The van der Waals surface area contributed by atoms with Gasteiger partial charge in [0.15, 0.2) is 0 Å². The molecule has 182 valence electrons. The Labute approximate surface area is 197 Å². The van der Waals surface area contributed by atoms with E-state index in [0.29, 0.717) is 16.5 Å². The number of methoxy groups -OCH3 is 1. The molecule has 0 saturated heterocycles. The van der Waals surface area contributed by atoms with Gasteiger partial charge in [-0.05, 0) is 62.9 Å². The summed E-state index contributed by atoms with van der Waals surface area (Å²) in [6.07, 6.45) is 0. The first-order chi connectivity index (χ1) is 15.6. The van der Waals surface area contributed by atoms with E-state index in [2.05, 4.69) is 10.2 Å². The van der Waals surface area contributed by atoms with Crippen LogP contribution in [0.4, 0.5) is 11.4 Å². The van der Waals surface area contributed by atoms with Crippen LogP contribution >= 0.6 is 0 Å². The summed E-state index contributed by atoms with van der Waals surface area (Å²) in [6.45, 7) is 7.03. The van der Waals surface area contributed by atoms with E-state index in [0.717, 1.165) is 6.07 Å². The molecular formula is C22H24N2O8S2. The average molecular weight is 509 g/mol. The molecule has 0 radical (unpaired) electrons. The lowest BCUT2D eigenvalue weighted by atomic mass is 10.1. The van der Waals surface area contributed by atoms with Crippen molar-refractivity contribution in [2.24, 2.45) is 10.2 Å². The molecule has 3 aromatic rings. The van der Waals surface area contributed by atoms with Gasteiger partial charge in [-0.3, -0.25) is 9.11 Å². The van der Waals surface area contributed by atoms with Gasteiger partial charge >= 0.3 is 0 Å². The molecule has 0 aliphatic heterocycles. The first-order valence-electron chi connectivity index (χ1n) is 9.91. The molecule has 0 heterocycles. The summed E-state index contributed by atoms with van der Waals surface area (Å²) in [5.41, 5.74) is 0.130. The number of rotatable bonds is 6. The van der Waals surface area contributed by atoms with Crippen LogP contribution in [0.25, 0.3) is 10.8 Å². The molecule has 0 saturated carbocycles. The lowest BCUT2D eigenvalue weighted by Gasteiger charge is -2.22. The maximum absolute atomic E-state index is 11.6. The Morgan fingerprint density at radius 2 is 1.53 bits per heavy atom. The molecule has 0 bridgehead atoms. The van der Waals surface area contributed by atoms with Gasteiger partial charge in [0.1, 0.15) is 33.4 Å². The van der Waals surface area contributed by atoms with Crippen LogP contribution in [0.5, 0.6) is 11.5 Å².